The molecule has 1 aromatic rings. The van der Waals surface area contributed by atoms with E-state index in [0.29, 0.717) is 18.5 Å². The van der Waals surface area contributed by atoms with E-state index in [1.165, 1.54) is 4.90 Å². The number of amides is 2. The van der Waals surface area contributed by atoms with E-state index in [9.17, 15) is 14.4 Å². The molecule has 2 amide bonds. The van der Waals surface area contributed by atoms with Gasteiger partial charge in [-0.3, -0.25) is 19.3 Å². The Morgan fingerprint density at radius 2 is 1.71 bits per heavy atom. The summed E-state index contributed by atoms with van der Waals surface area (Å²) in [5.41, 5.74) is 1.64. The van der Waals surface area contributed by atoms with Gasteiger partial charge in [-0.05, 0) is 38.3 Å². The predicted octanol–water partition coefficient (Wildman–Crippen LogP) is 1.99. The Kier molecular flexibility index (Phi) is 3.27. The Balaban J connectivity index is 1.88. The molecular formula is C16H17NO4. The molecule has 0 bridgehead atoms. The van der Waals surface area contributed by atoms with Gasteiger partial charge >= 0.3 is 5.97 Å². The minimum absolute atomic E-state index is 0.183. The van der Waals surface area contributed by atoms with Crippen LogP contribution in [0.3, 0.4) is 0 Å². The first kappa shape index (κ1) is 13.8. The van der Waals surface area contributed by atoms with Crippen LogP contribution < -0.4 is 4.90 Å². The summed E-state index contributed by atoms with van der Waals surface area (Å²) < 4.78 is 0. The lowest BCUT2D eigenvalue weighted by molar-refractivity contribution is -0.144. The van der Waals surface area contributed by atoms with Crippen molar-refractivity contribution >= 4 is 23.5 Å². The number of fused-ring (bicyclic) bond motifs is 1. The first-order valence-corrected chi connectivity index (χ1v) is 7.16. The molecule has 1 aliphatic heterocycles. The summed E-state index contributed by atoms with van der Waals surface area (Å²) in [6.45, 7) is 1.94. The van der Waals surface area contributed by atoms with E-state index in [2.05, 4.69) is 0 Å². The smallest absolute Gasteiger partial charge is 0.306 e. The Hall–Kier alpha value is -2.17. The predicted molar refractivity (Wildman–Crippen MR) is 75.6 cm³/mol. The molecule has 21 heavy (non-hydrogen) atoms. The lowest BCUT2D eigenvalue weighted by atomic mass is 9.75. The average Bonchev–Trinajstić information content (AvgIpc) is 2.72. The lowest BCUT2D eigenvalue weighted by Gasteiger charge is -2.25. The molecule has 1 aliphatic carbocycles. The molecule has 1 N–H and O–H groups in total. The van der Waals surface area contributed by atoms with E-state index in [1.54, 1.807) is 12.1 Å². The molecule has 3 unspecified atom stereocenters. The van der Waals surface area contributed by atoms with Crippen LogP contribution in [0.15, 0.2) is 24.3 Å². The standard InChI is InChI=1S/C16H17NO4/c1-9-2-5-11(6-3-9)17-14(18)12-7-4-10(16(20)21)8-13(12)15(17)19/h2-3,5-6,10,12-13H,4,7-8H2,1H3,(H,20,21). The van der Waals surface area contributed by atoms with Gasteiger partial charge in [0.15, 0.2) is 0 Å². The molecule has 0 radical (unpaired) electrons. The first-order chi connectivity index (χ1) is 9.99. The van der Waals surface area contributed by atoms with Crippen LogP contribution in [0.4, 0.5) is 5.69 Å². The number of imide groups is 1. The number of hydrogen-bond donors (Lipinski definition) is 1. The van der Waals surface area contributed by atoms with Crippen LogP contribution in [0, 0.1) is 24.7 Å². The van der Waals surface area contributed by atoms with Gasteiger partial charge in [-0.15, -0.1) is 0 Å². The summed E-state index contributed by atoms with van der Waals surface area (Å²) in [5.74, 6) is -2.65. The van der Waals surface area contributed by atoms with Crippen molar-refractivity contribution in [2.24, 2.45) is 17.8 Å². The van der Waals surface area contributed by atoms with Crippen LogP contribution in [0.1, 0.15) is 24.8 Å². The maximum Gasteiger partial charge on any atom is 0.306 e. The maximum atomic E-state index is 12.5. The third kappa shape index (κ3) is 2.22. The van der Waals surface area contributed by atoms with Crippen LogP contribution in [-0.4, -0.2) is 22.9 Å². The van der Waals surface area contributed by atoms with Crippen molar-refractivity contribution in [2.45, 2.75) is 26.2 Å². The normalized spacial score (nSPS) is 28.6. The van der Waals surface area contributed by atoms with E-state index in [-0.39, 0.29) is 24.2 Å². The van der Waals surface area contributed by atoms with E-state index < -0.39 is 17.8 Å². The van der Waals surface area contributed by atoms with Crippen molar-refractivity contribution in [3.63, 3.8) is 0 Å². The summed E-state index contributed by atoms with van der Waals surface area (Å²) in [6.07, 6.45) is 1.22. The van der Waals surface area contributed by atoms with E-state index >= 15 is 0 Å². The Morgan fingerprint density at radius 3 is 2.33 bits per heavy atom. The molecule has 5 heteroatoms. The number of carbonyl (C=O) groups excluding carboxylic acids is 2. The molecule has 1 saturated carbocycles. The highest BCUT2D eigenvalue weighted by Crippen LogP contribution is 2.42. The van der Waals surface area contributed by atoms with Gasteiger partial charge in [0.05, 0.1) is 23.4 Å². The molecule has 1 heterocycles. The van der Waals surface area contributed by atoms with Gasteiger partial charge in [0, 0.05) is 0 Å². The molecule has 3 rings (SSSR count). The van der Waals surface area contributed by atoms with Crippen LogP contribution in [0.2, 0.25) is 0 Å². The number of hydrogen-bond acceptors (Lipinski definition) is 3. The molecule has 3 atom stereocenters. The molecule has 0 aromatic heterocycles. The number of rotatable bonds is 2. The van der Waals surface area contributed by atoms with Gasteiger partial charge in [-0.2, -0.15) is 0 Å². The molecule has 2 fully saturated rings. The Labute approximate surface area is 122 Å². The van der Waals surface area contributed by atoms with Crippen molar-refractivity contribution in [1.82, 2.24) is 0 Å². The first-order valence-electron chi connectivity index (χ1n) is 7.16. The second-order valence-electron chi connectivity index (χ2n) is 5.91. The second-order valence-corrected chi connectivity index (χ2v) is 5.91. The average molecular weight is 287 g/mol. The summed E-state index contributed by atoms with van der Waals surface area (Å²) >= 11 is 0. The van der Waals surface area contributed by atoms with Crippen molar-refractivity contribution in [1.29, 1.82) is 0 Å². The van der Waals surface area contributed by atoms with Crippen molar-refractivity contribution in [2.75, 3.05) is 4.90 Å². The topological polar surface area (TPSA) is 74.7 Å². The molecule has 110 valence electrons. The Morgan fingerprint density at radius 1 is 1.10 bits per heavy atom. The third-order valence-electron chi connectivity index (χ3n) is 4.57. The second kappa shape index (κ2) is 4.98. The van der Waals surface area contributed by atoms with Crippen LogP contribution in [-0.2, 0) is 14.4 Å². The van der Waals surface area contributed by atoms with Gasteiger partial charge in [0.2, 0.25) is 11.8 Å². The number of anilines is 1. The fourth-order valence-electron chi connectivity index (χ4n) is 3.35. The Bertz CT molecular complexity index is 607. The highest BCUT2D eigenvalue weighted by molar-refractivity contribution is 6.22. The van der Waals surface area contributed by atoms with Crippen molar-refractivity contribution in [3.05, 3.63) is 29.8 Å². The van der Waals surface area contributed by atoms with Gasteiger partial charge in [0.25, 0.3) is 0 Å². The summed E-state index contributed by atoms with van der Waals surface area (Å²) in [7, 11) is 0. The number of nitrogens with zero attached hydrogens (tertiary/aromatic N) is 1. The zero-order valence-corrected chi connectivity index (χ0v) is 11.8. The van der Waals surface area contributed by atoms with Crippen molar-refractivity contribution < 1.29 is 19.5 Å². The fraction of sp³-hybridized carbons (Fsp3) is 0.438. The van der Waals surface area contributed by atoms with Gasteiger partial charge in [0.1, 0.15) is 0 Å². The monoisotopic (exact) mass is 287 g/mol. The molecule has 1 aromatic carbocycles. The van der Waals surface area contributed by atoms with Gasteiger partial charge < -0.3 is 5.11 Å². The van der Waals surface area contributed by atoms with Gasteiger partial charge in [-0.1, -0.05) is 17.7 Å². The number of aryl methyl sites for hydroxylation is 1. The zero-order valence-electron chi connectivity index (χ0n) is 11.8. The molecule has 0 spiro atoms. The lowest BCUT2D eigenvalue weighted by Crippen LogP contribution is -2.31. The number of aliphatic carboxylic acids is 1. The zero-order chi connectivity index (χ0) is 15.1. The third-order valence-corrected chi connectivity index (χ3v) is 4.57. The fourth-order valence-corrected chi connectivity index (χ4v) is 3.35. The van der Waals surface area contributed by atoms with E-state index in [4.69, 9.17) is 5.11 Å². The van der Waals surface area contributed by atoms with Crippen LogP contribution in [0.5, 0.6) is 0 Å². The quantitative estimate of drug-likeness (QED) is 0.844. The number of carboxylic acid groups (broad SMARTS) is 1. The van der Waals surface area contributed by atoms with E-state index in [1.807, 2.05) is 19.1 Å². The highest BCUT2D eigenvalue weighted by Gasteiger charge is 2.51. The SMILES string of the molecule is Cc1ccc(N2C(=O)C3CCC(C(=O)O)CC3C2=O)cc1. The van der Waals surface area contributed by atoms with Gasteiger partial charge in [-0.25, -0.2) is 0 Å². The highest BCUT2D eigenvalue weighted by atomic mass is 16.4. The molecule has 2 aliphatic rings. The minimum atomic E-state index is -0.873. The van der Waals surface area contributed by atoms with Crippen LogP contribution in [0.25, 0.3) is 0 Å². The molecular weight excluding hydrogens is 270 g/mol. The summed E-state index contributed by atoms with van der Waals surface area (Å²) in [4.78, 5) is 37.3. The van der Waals surface area contributed by atoms with Crippen LogP contribution >= 0.6 is 0 Å². The summed E-state index contributed by atoms with van der Waals surface area (Å²) in [5, 5.41) is 9.11. The van der Waals surface area contributed by atoms with Crippen molar-refractivity contribution in [3.8, 4) is 0 Å². The summed E-state index contributed by atoms with van der Waals surface area (Å²) in [6, 6.07) is 7.24. The molecule has 5 nitrogen and oxygen atoms in total. The number of benzene rings is 1. The maximum absolute atomic E-state index is 12.5. The number of carbonyl (C=O) groups is 3. The number of carboxylic acids is 1. The van der Waals surface area contributed by atoms with E-state index in [0.717, 1.165) is 5.56 Å². The largest absolute Gasteiger partial charge is 0.481 e. The molecule has 1 saturated heterocycles. The minimum Gasteiger partial charge on any atom is -0.481 e.